The minimum Gasteiger partial charge on any atom is -0.310 e. The van der Waals surface area contributed by atoms with Gasteiger partial charge in [0.25, 0.3) is 0 Å². The monoisotopic (exact) mass is 264 g/mol. The summed E-state index contributed by atoms with van der Waals surface area (Å²) >= 11 is 6.28. The van der Waals surface area contributed by atoms with Gasteiger partial charge in [-0.2, -0.15) is 5.10 Å². The molecule has 2 rings (SSSR count). The number of aromatic nitrogens is 3. The van der Waals surface area contributed by atoms with Gasteiger partial charge in [-0.05, 0) is 37.6 Å². The lowest BCUT2D eigenvalue weighted by Crippen LogP contribution is -2.19. The predicted molar refractivity (Wildman–Crippen MR) is 73.1 cm³/mol. The normalized spacial score (nSPS) is 12.6. The number of benzene rings is 1. The molecular formula is C13H17ClN4. The minimum atomic E-state index is 0.298. The van der Waals surface area contributed by atoms with E-state index in [1.807, 2.05) is 12.1 Å². The van der Waals surface area contributed by atoms with Gasteiger partial charge in [-0.25, -0.2) is 9.67 Å². The first kappa shape index (κ1) is 13.1. The van der Waals surface area contributed by atoms with Crippen molar-refractivity contribution in [2.75, 3.05) is 6.54 Å². The fraction of sp³-hybridized carbons (Fsp3) is 0.385. The summed E-state index contributed by atoms with van der Waals surface area (Å²) in [5.74, 6) is 0. The van der Waals surface area contributed by atoms with Crippen LogP contribution in [0, 0.1) is 0 Å². The Balaban J connectivity index is 2.20. The largest absolute Gasteiger partial charge is 0.310 e. The van der Waals surface area contributed by atoms with E-state index in [4.69, 9.17) is 11.6 Å². The van der Waals surface area contributed by atoms with Crippen molar-refractivity contribution in [2.24, 2.45) is 0 Å². The van der Waals surface area contributed by atoms with Crippen LogP contribution in [0.5, 0.6) is 0 Å². The molecule has 0 saturated carbocycles. The Kier molecular flexibility index (Phi) is 4.33. The first-order chi connectivity index (χ1) is 8.72. The molecule has 0 radical (unpaired) electrons. The zero-order valence-corrected chi connectivity index (χ0v) is 11.4. The third-order valence-electron chi connectivity index (χ3n) is 2.84. The van der Waals surface area contributed by atoms with Crippen molar-refractivity contribution in [1.29, 1.82) is 0 Å². The van der Waals surface area contributed by atoms with E-state index in [0.717, 1.165) is 18.7 Å². The third-order valence-corrected chi connectivity index (χ3v) is 3.14. The van der Waals surface area contributed by atoms with Crippen molar-refractivity contribution in [3.8, 4) is 5.69 Å². The highest BCUT2D eigenvalue weighted by atomic mass is 35.5. The number of rotatable bonds is 5. The van der Waals surface area contributed by atoms with Crippen molar-refractivity contribution < 1.29 is 0 Å². The summed E-state index contributed by atoms with van der Waals surface area (Å²) in [6.07, 6.45) is 4.25. The van der Waals surface area contributed by atoms with Crippen LogP contribution in [-0.4, -0.2) is 21.3 Å². The number of hydrogen-bond donors (Lipinski definition) is 1. The van der Waals surface area contributed by atoms with Gasteiger partial charge in [-0.15, -0.1) is 0 Å². The van der Waals surface area contributed by atoms with Crippen molar-refractivity contribution >= 4 is 11.6 Å². The number of hydrogen-bond acceptors (Lipinski definition) is 3. The molecule has 2 aromatic rings. The molecule has 0 aliphatic rings. The molecule has 0 amide bonds. The molecule has 0 saturated heterocycles. The van der Waals surface area contributed by atoms with Gasteiger partial charge in [-0.3, -0.25) is 0 Å². The van der Waals surface area contributed by atoms with E-state index in [2.05, 4.69) is 35.3 Å². The maximum atomic E-state index is 6.28. The first-order valence-corrected chi connectivity index (χ1v) is 6.48. The fourth-order valence-corrected chi connectivity index (χ4v) is 2.07. The first-order valence-electron chi connectivity index (χ1n) is 6.10. The summed E-state index contributed by atoms with van der Waals surface area (Å²) in [5, 5.41) is 8.20. The fourth-order valence-electron chi connectivity index (χ4n) is 1.79. The van der Waals surface area contributed by atoms with Crippen LogP contribution in [0.2, 0.25) is 5.02 Å². The average molecular weight is 265 g/mol. The van der Waals surface area contributed by atoms with Gasteiger partial charge in [-0.1, -0.05) is 24.6 Å². The van der Waals surface area contributed by atoms with Gasteiger partial charge in [0.1, 0.15) is 12.7 Å². The minimum absolute atomic E-state index is 0.298. The standard InChI is InChI=1S/C13H17ClN4/c1-3-6-16-10(2)11-4-5-13(12(14)7-11)18-9-15-8-17-18/h4-5,7-10,16H,3,6H2,1-2H3. The van der Waals surface area contributed by atoms with Gasteiger partial charge < -0.3 is 5.32 Å². The number of halogens is 1. The lowest BCUT2D eigenvalue weighted by atomic mass is 10.1. The van der Waals surface area contributed by atoms with Gasteiger partial charge in [0.15, 0.2) is 0 Å². The number of nitrogens with zero attached hydrogens (tertiary/aromatic N) is 3. The summed E-state index contributed by atoms with van der Waals surface area (Å²) in [6, 6.07) is 6.31. The van der Waals surface area contributed by atoms with Crippen LogP contribution in [0.3, 0.4) is 0 Å². The molecule has 1 N–H and O–H groups in total. The van der Waals surface area contributed by atoms with E-state index in [1.165, 1.54) is 11.9 Å². The quantitative estimate of drug-likeness (QED) is 0.903. The highest BCUT2D eigenvalue weighted by Crippen LogP contribution is 2.24. The summed E-state index contributed by atoms with van der Waals surface area (Å²) in [6.45, 7) is 5.29. The van der Waals surface area contributed by atoms with E-state index in [0.29, 0.717) is 11.1 Å². The topological polar surface area (TPSA) is 42.7 Å². The predicted octanol–water partition coefficient (Wildman–Crippen LogP) is 2.98. The number of nitrogens with one attached hydrogen (secondary N) is 1. The average Bonchev–Trinajstić information content (AvgIpc) is 2.89. The molecule has 1 heterocycles. The van der Waals surface area contributed by atoms with Crippen LogP contribution < -0.4 is 5.32 Å². The molecule has 0 bridgehead atoms. The molecule has 5 heteroatoms. The summed E-state index contributed by atoms with van der Waals surface area (Å²) in [4.78, 5) is 3.92. The molecule has 1 atom stereocenters. The highest BCUT2D eigenvalue weighted by Gasteiger charge is 2.09. The van der Waals surface area contributed by atoms with Gasteiger partial charge in [0, 0.05) is 6.04 Å². The van der Waals surface area contributed by atoms with Crippen LogP contribution in [0.15, 0.2) is 30.9 Å². The summed E-state index contributed by atoms with van der Waals surface area (Å²) in [5.41, 5.74) is 2.03. The Labute approximate surface area is 112 Å². The Morgan fingerprint density at radius 3 is 2.89 bits per heavy atom. The molecule has 96 valence electrons. The van der Waals surface area contributed by atoms with E-state index < -0.39 is 0 Å². The maximum Gasteiger partial charge on any atom is 0.138 e. The molecule has 4 nitrogen and oxygen atoms in total. The smallest absolute Gasteiger partial charge is 0.138 e. The van der Waals surface area contributed by atoms with Crippen LogP contribution in [0.1, 0.15) is 31.9 Å². The Bertz CT molecular complexity index is 496. The van der Waals surface area contributed by atoms with Crippen LogP contribution >= 0.6 is 11.6 Å². The summed E-state index contributed by atoms with van der Waals surface area (Å²) in [7, 11) is 0. The molecule has 0 fully saturated rings. The Morgan fingerprint density at radius 1 is 1.44 bits per heavy atom. The lowest BCUT2D eigenvalue weighted by Gasteiger charge is -2.15. The van der Waals surface area contributed by atoms with Crippen LogP contribution in [0.4, 0.5) is 0 Å². The zero-order chi connectivity index (χ0) is 13.0. The molecule has 1 aromatic heterocycles. The van der Waals surface area contributed by atoms with E-state index in [1.54, 1.807) is 11.0 Å². The van der Waals surface area contributed by atoms with Gasteiger partial charge in [0.05, 0.1) is 10.7 Å². The van der Waals surface area contributed by atoms with Gasteiger partial charge in [0.2, 0.25) is 0 Å². The highest BCUT2D eigenvalue weighted by molar-refractivity contribution is 6.32. The molecule has 1 unspecified atom stereocenters. The van der Waals surface area contributed by atoms with Gasteiger partial charge >= 0.3 is 0 Å². The van der Waals surface area contributed by atoms with Crippen molar-refractivity contribution in [1.82, 2.24) is 20.1 Å². The lowest BCUT2D eigenvalue weighted by molar-refractivity contribution is 0.570. The molecule has 0 spiro atoms. The zero-order valence-electron chi connectivity index (χ0n) is 10.6. The van der Waals surface area contributed by atoms with Crippen molar-refractivity contribution in [3.05, 3.63) is 41.4 Å². The molecule has 1 aromatic carbocycles. The van der Waals surface area contributed by atoms with Crippen molar-refractivity contribution in [2.45, 2.75) is 26.3 Å². The molecular weight excluding hydrogens is 248 g/mol. The molecule has 0 aliphatic heterocycles. The Morgan fingerprint density at radius 2 is 2.28 bits per heavy atom. The van der Waals surface area contributed by atoms with E-state index in [9.17, 15) is 0 Å². The molecule has 18 heavy (non-hydrogen) atoms. The molecule has 0 aliphatic carbocycles. The summed E-state index contributed by atoms with van der Waals surface area (Å²) < 4.78 is 1.66. The SMILES string of the molecule is CCCNC(C)c1ccc(-n2cncn2)c(Cl)c1. The maximum absolute atomic E-state index is 6.28. The van der Waals surface area contributed by atoms with E-state index >= 15 is 0 Å². The Hall–Kier alpha value is -1.39. The second kappa shape index (κ2) is 5.98. The second-order valence-electron chi connectivity index (χ2n) is 4.23. The van der Waals surface area contributed by atoms with Crippen molar-refractivity contribution in [3.63, 3.8) is 0 Å². The second-order valence-corrected chi connectivity index (χ2v) is 4.63. The third kappa shape index (κ3) is 2.89. The van der Waals surface area contributed by atoms with Crippen LogP contribution in [-0.2, 0) is 0 Å². The van der Waals surface area contributed by atoms with E-state index in [-0.39, 0.29) is 0 Å². The van der Waals surface area contributed by atoms with Crippen LogP contribution in [0.25, 0.3) is 5.69 Å².